The Kier molecular flexibility index (Phi) is 2.97. The number of fused-ring (bicyclic) bond motifs is 1. The third-order valence-corrected chi connectivity index (χ3v) is 2.38. The van der Waals surface area contributed by atoms with E-state index >= 15 is 0 Å². The van der Waals surface area contributed by atoms with E-state index in [1.807, 2.05) is 0 Å². The van der Waals surface area contributed by atoms with Gasteiger partial charge in [-0.05, 0) is 6.07 Å². The number of nitro benzene ring substituents is 1. The van der Waals surface area contributed by atoms with Gasteiger partial charge in [-0.1, -0.05) is 0 Å². The number of hydrogen-bond acceptors (Lipinski definition) is 4. The summed E-state index contributed by atoms with van der Waals surface area (Å²) in [6.07, 6.45) is -3.53. The molecule has 100 valence electrons. The highest BCUT2D eigenvalue weighted by molar-refractivity contribution is 5.82. The third-order valence-electron chi connectivity index (χ3n) is 2.38. The molecule has 0 aliphatic rings. The normalized spacial score (nSPS) is 11.7. The van der Waals surface area contributed by atoms with Crippen molar-refractivity contribution in [3.05, 3.63) is 44.9 Å². The number of rotatable bonds is 2. The Bertz CT molecular complexity index is 708. The zero-order chi connectivity index (χ0) is 14.2. The van der Waals surface area contributed by atoms with Crippen LogP contribution in [0.25, 0.3) is 10.8 Å². The first-order valence-corrected chi connectivity index (χ1v) is 4.99. The average Bonchev–Trinajstić information content (AvgIpc) is 2.31. The highest BCUT2D eigenvalue weighted by Crippen LogP contribution is 2.19. The lowest BCUT2D eigenvalue weighted by Gasteiger charge is -2.08. The summed E-state index contributed by atoms with van der Waals surface area (Å²) in [5, 5.41) is 14.0. The number of non-ortho nitro benzene ring substituents is 1. The number of benzene rings is 1. The van der Waals surface area contributed by atoms with Crippen molar-refractivity contribution in [3.63, 3.8) is 0 Å². The van der Waals surface area contributed by atoms with Crippen LogP contribution < -0.4 is 5.56 Å². The van der Waals surface area contributed by atoms with Crippen LogP contribution in [-0.4, -0.2) is 20.9 Å². The molecule has 0 radical (unpaired) electrons. The second-order valence-corrected chi connectivity index (χ2v) is 3.75. The highest BCUT2D eigenvalue weighted by Gasteiger charge is 2.29. The molecule has 2 aromatic rings. The summed E-state index contributed by atoms with van der Waals surface area (Å²) in [6.45, 7) is -1.54. The van der Waals surface area contributed by atoms with Crippen LogP contribution in [0.5, 0.6) is 0 Å². The lowest BCUT2D eigenvalue weighted by molar-refractivity contribution is -0.384. The molecule has 2 rings (SSSR count). The lowest BCUT2D eigenvalue weighted by atomic mass is 10.2. The van der Waals surface area contributed by atoms with Crippen LogP contribution in [0.4, 0.5) is 18.9 Å². The molecule has 1 heterocycles. The van der Waals surface area contributed by atoms with Gasteiger partial charge in [0.2, 0.25) is 0 Å². The van der Waals surface area contributed by atoms with Crippen molar-refractivity contribution in [2.24, 2.45) is 0 Å². The second-order valence-electron chi connectivity index (χ2n) is 3.75. The van der Waals surface area contributed by atoms with Crippen molar-refractivity contribution < 1.29 is 18.1 Å². The number of hydrogen-bond donors (Lipinski definition) is 0. The Hall–Kier alpha value is -2.45. The first kappa shape index (κ1) is 13.0. The van der Waals surface area contributed by atoms with Crippen molar-refractivity contribution in [2.45, 2.75) is 12.7 Å². The van der Waals surface area contributed by atoms with Crippen LogP contribution in [0.2, 0.25) is 0 Å². The minimum absolute atomic E-state index is 0.173. The van der Waals surface area contributed by atoms with Crippen molar-refractivity contribution >= 4 is 16.5 Å². The van der Waals surface area contributed by atoms with E-state index in [1.54, 1.807) is 0 Å². The summed E-state index contributed by atoms with van der Waals surface area (Å²) >= 11 is 0. The molecule has 0 aliphatic carbocycles. The standard InChI is InChI=1S/C10H6F3N3O3/c11-10(12,13)5-15-9(17)8-3-7(16(18)19)2-1-6(8)4-14-15/h1-4H,5H2. The van der Waals surface area contributed by atoms with Gasteiger partial charge in [0.15, 0.2) is 0 Å². The predicted molar refractivity (Wildman–Crippen MR) is 58.7 cm³/mol. The van der Waals surface area contributed by atoms with Crippen LogP contribution in [0.1, 0.15) is 0 Å². The Labute approximate surface area is 103 Å². The zero-order valence-corrected chi connectivity index (χ0v) is 9.22. The average molecular weight is 273 g/mol. The van der Waals surface area contributed by atoms with Gasteiger partial charge in [-0.15, -0.1) is 0 Å². The molecule has 1 aromatic carbocycles. The zero-order valence-electron chi connectivity index (χ0n) is 9.22. The minimum atomic E-state index is -4.59. The topological polar surface area (TPSA) is 78.0 Å². The van der Waals surface area contributed by atoms with E-state index in [0.717, 1.165) is 18.3 Å². The maximum absolute atomic E-state index is 12.2. The van der Waals surface area contributed by atoms with Gasteiger partial charge in [-0.2, -0.15) is 18.3 Å². The van der Waals surface area contributed by atoms with Crippen LogP contribution in [0, 0.1) is 10.1 Å². The molecule has 0 fully saturated rings. The SMILES string of the molecule is O=c1c2cc([N+](=O)[O-])ccc2cnn1CC(F)(F)F. The molecule has 0 amide bonds. The first-order valence-electron chi connectivity index (χ1n) is 4.99. The minimum Gasteiger partial charge on any atom is -0.267 e. The van der Waals surface area contributed by atoms with E-state index in [2.05, 4.69) is 5.10 Å². The van der Waals surface area contributed by atoms with Crippen LogP contribution in [-0.2, 0) is 6.54 Å². The molecule has 0 atom stereocenters. The fourth-order valence-electron chi connectivity index (χ4n) is 1.56. The van der Waals surface area contributed by atoms with Crippen molar-refractivity contribution in [2.75, 3.05) is 0 Å². The van der Waals surface area contributed by atoms with Crippen molar-refractivity contribution in [1.82, 2.24) is 9.78 Å². The molecule has 0 spiro atoms. The summed E-state index contributed by atoms with van der Waals surface area (Å²) in [5.41, 5.74) is -1.38. The largest absolute Gasteiger partial charge is 0.408 e. The van der Waals surface area contributed by atoms with Gasteiger partial charge in [0.05, 0.1) is 16.5 Å². The number of nitrogens with zero attached hydrogens (tertiary/aromatic N) is 3. The van der Waals surface area contributed by atoms with Gasteiger partial charge in [0.25, 0.3) is 11.2 Å². The molecule has 19 heavy (non-hydrogen) atoms. The van der Waals surface area contributed by atoms with Gasteiger partial charge < -0.3 is 0 Å². The smallest absolute Gasteiger partial charge is 0.267 e. The fourth-order valence-corrected chi connectivity index (χ4v) is 1.56. The van der Waals surface area contributed by atoms with Gasteiger partial charge in [-0.3, -0.25) is 14.9 Å². The van der Waals surface area contributed by atoms with Crippen LogP contribution in [0.3, 0.4) is 0 Å². The molecule has 6 nitrogen and oxygen atoms in total. The Morgan fingerprint density at radius 3 is 2.63 bits per heavy atom. The fraction of sp³-hybridized carbons (Fsp3) is 0.200. The van der Waals surface area contributed by atoms with E-state index in [-0.39, 0.29) is 21.1 Å². The maximum atomic E-state index is 12.2. The summed E-state index contributed by atoms with van der Waals surface area (Å²) in [6, 6.07) is 3.35. The van der Waals surface area contributed by atoms with E-state index < -0.39 is 23.2 Å². The van der Waals surface area contributed by atoms with Crippen molar-refractivity contribution in [3.8, 4) is 0 Å². The number of nitro groups is 1. The summed E-state index contributed by atoms with van der Waals surface area (Å²) < 4.78 is 36.9. The quantitative estimate of drug-likeness (QED) is 0.618. The number of aromatic nitrogens is 2. The van der Waals surface area contributed by atoms with Gasteiger partial charge in [0, 0.05) is 17.5 Å². The Morgan fingerprint density at radius 2 is 2.05 bits per heavy atom. The highest BCUT2D eigenvalue weighted by atomic mass is 19.4. The van der Waals surface area contributed by atoms with E-state index in [1.165, 1.54) is 6.07 Å². The molecule has 0 saturated carbocycles. The number of alkyl halides is 3. The summed E-state index contributed by atoms with van der Waals surface area (Å²) in [7, 11) is 0. The molecule has 0 N–H and O–H groups in total. The van der Waals surface area contributed by atoms with Crippen LogP contribution in [0.15, 0.2) is 29.2 Å². The van der Waals surface area contributed by atoms with Crippen molar-refractivity contribution in [1.29, 1.82) is 0 Å². The van der Waals surface area contributed by atoms with Gasteiger partial charge in [0.1, 0.15) is 6.54 Å². The second kappa shape index (κ2) is 4.34. The lowest BCUT2D eigenvalue weighted by Crippen LogP contribution is -2.30. The predicted octanol–water partition coefficient (Wildman–Crippen LogP) is 1.87. The molecule has 9 heteroatoms. The Balaban J connectivity index is 2.62. The maximum Gasteiger partial charge on any atom is 0.408 e. The van der Waals surface area contributed by atoms with E-state index in [9.17, 15) is 28.1 Å². The molecular formula is C10H6F3N3O3. The summed E-state index contributed by atoms with van der Waals surface area (Å²) in [4.78, 5) is 21.6. The summed E-state index contributed by atoms with van der Waals surface area (Å²) in [5.74, 6) is 0. The third kappa shape index (κ3) is 2.69. The molecule has 1 aromatic heterocycles. The number of halogens is 3. The molecule has 0 bridgehead atoms. The van der Waals surface area contributed by atoms with E-state index in [0.29, 0.717) is 0 Å². The molecular weight excluding hydrogens is 267 g/mol. The first-order chi connectivity index (χ1) is 8.78. The van der Waals surface area contributed by atoms with Crippen LogP contribution >= 0.6 is 0 Å². The van der Waals surface area contributed by atoms with Gasteiger partial charge in [-0.25, -0.2) is 4.68 Å². The monoisotopic (exact) mass is 273 g/mol. The molecule has 0 aliphatic heterocycles. The Morgan fingerprint density at radius 1 is 1.37 bits per heavy atom. The molecule has 0 saturated heterocycles. The van der Waals surface area contributed by atoms with Gasteiger partial charge >= 0.3 is 6.18 Å². The van der Waals surface area contributed by atoms with E-state index in [4.69, 9.17) is 0 Å². The molecule has 0 unspecified atom stereocenters.